The fourth-order valence-electron chi connectivity index (χ4n) is 2.54. The topological polar surface area (TPSA) is 55.6 Å². The molecule has 2 aromatic rings. The van der Waals surface area contributed by atoms with Gasteiger partial charge in [-0.1, -0.05) is 12.1 Å². The SMILES string of the molecule is Cc1ccc2c(N)c(C(=O)N(C)C3CCOC3)sc2c1. The van der Waals surface area contributed by atoms with Crippen LogP contribution in [0.15, 0.2) is 18.2 Å². The van der Waals surface area contributed by atoms with Gasteiger partial charge in [0.15, 0.2) is 0 Å². The average molecular weight is 290 g/mol. The van der Waals surface area contributed by atoms with E-state index < -0.39 is 0 Å². The molecule has 1 fully saturated rings. The number of thiophene rings is 1. The number of rotatable bonds is 2. The number of nitrogen functional groups attached to an aromatic ring is 1. The van der Waals surface area contributed by atoms with Gasteiger partial charge in [-0.3, -0.25) is 4.79 Å². The monoisotopic (exact) mass is 290 g/mol. The molecule has 1 saturated heterocycles. The fourth-order valence-corrected chi connectivity index (χ4v) is 3.74. The van der Waals surface area contributed by atoms with Gasteiger partial charge in [-0.15, -0.1) is 11.3 Å². The summed E-state index contributed by atoms with van der Waals surface area (Å²) in [7, 11) is 1.83. The van der Waals surface area contributed by atoms with Crippen LogP contribution in [0, 0.1) is 6.92 Å². The number of hydrogen-bond acceptors (Lipinski definition) is 4. The summed E-state index contributed by atoms with van der Waals surface area (Å²) in [5, 5.41) is 0.972. The van der Waals surface area contributed by atoms with Gasteiger partial charge in [-0.05, 0) is 25.0 Å². The number of fused-ring (bicyclic) bond motifs is 1. The number of carbonyl (C=O) groups excluding carboxylic acids is 1. The van der Waals surface area contributed by atoms with Crippen LogP contribution in [0.25, 0.3) is 10.1 Å². The maximum Gasteiger partial charge on any atom is 0.266 e. The standard InChI is InChI=1S/C15H18N2O2S/c1-9-3-4-11-12(7-9)20-14(13(11)16)15(18)17(2)10-5-6-19-8-10/h3-4,7,10H,5-6,8,16H2,1-2H3. The Kier molecular flexibility index (Phi) is 3.40. The van der Waals surface area contributed by atoms with E-state index in [4.69, 9.17) is 10.5 Å². The zero-order valence-corrected chi connectivity index (χ0v) is 12.5. The van der Waals surface area contributed by atoms with Gasteiger partial charge in [-0.2, -0.15) is 0 Å². The molecule has 1 aromatic heterocycles. The molecule has 0 radical (unpaired) electrons. The summed E-state index contributed by atoms with van der Waals surface area (Å²) in [6.45, 7) is 3.38. The zero-order valence-electron chi connectivity index (χ0n) is 11.7. The summed E-state index contributed by atoms with van der Waals surface area (Å²) in [5.41, 5.74) is 7.93. The quantitative estimate of drug-likeness (QED) is 0.925. The number of amides is 1. The number of aryl methyl sites for hydroxylation is 1. The number of carbonyl (C=O) groups is 1. The van der Waals surface area contributed by atoms with E-state index in [0.717, 1.165) is 23.1 Å². The van der Waals surface area contributed by atoms with Crippen molar-refractivity contribution in [1.82, 2.24) is 4.90 Å². The van der Waals surface area contributed by atoms with E-state index in [-0.39, 0.29) is 11.9 Å². The lowest BCUT2D eigenvalue weighted by atomic mass is 10.1. The van der Waals surface area contributed by atoms with Crippen molar-refractivity contribution in [2.24, 2.45) is 0 Å². The normalized spacial score (nSPS) is 18.6. The predicted octanol–water partition coefficient (Wildman–Crippen LogP) is 2.65. The molecule has 20 heavy (non-hydrogen) atoms. The highest BCUT2D eigenvalue weighted by atomic mass is 32.1. The second-order valence-corrected chi connectivity index (χ2v) is 6.33. The number of benzene rings is 1. The van der Waals surface area contributed by atoms with Gasteiger partial charge in [0, 0.05) is 23.7 Å². The highest BCUT2D eigenvalue weighted by Crippen LogP contribution is 2.35. The van der Waals surface area contributed by atoms with E-state index in [1.54, 1.807) is 4.90 Å². The van der Waals surface area contributed by atoms with E-state index in [0.29, 0.717) is 17.2 Å². The van der Waals surface area contributed by atoms with Gasteiger partial charge in [0.25, 0.3) is 5.91 Å². The van der Waals surface area contributed by atoms with Crippen molar-refractivity contribution < 1.29 is 9.53 Å². The molecule has 106 valence electrons. The second kappa shape index (κ2) is 5.07. The highest BCUT2D eigenvalue weighted by molar-refractivity contribution is 7.21. The number of likely N-dealkylation sites (N-methyl/N-ethyl adjacent to an activating group) is 1. The summed E-state index contributed by atoms with van der Waals surface area (Å²) >= 11 is 1.48. The Hall–Kier alpha value is -1.59. The summed E-state index contributed by atoms with van der Waals surface area (Å²) in [6.07, 6.45) is 0.895. The van der Waals surface area contributed by atoms with Gasteiger partial charge < -0.3 is 15.4 Å². The Morgan fingerprint density at radius 3 is 3.00 bits per heavy atom. The molecular formula is C15H18N2O2S. The maximum atomic E-state index is 12.6. The molecule has 1 aliphatic heterocycles. The summed E-state index contributed by atoms with van der Waals surface area (Å²) in [5.74, 6) is -0.00291. The lowest BCUT2D eigenvalue weighted by molar-refractivity contribution is 0.0717. The Morgan fingerprint density at radius 1 is 1.50 bits per heavy atom. The molecule has 4 nitrogen and oxygen atoms in total. The van der Waals surface area contributed by atoms with E-state index >= 15 is 0 Å². The summed E-state index contributed by atoms with van der Waals surface area (Å²) in [6, 6.07) is 6.25. The van der Waals surface area contributed by atoms with Crippen molar-refractivity contribution >= 4 is 33.0 Å². The molecule has 0 saturated carbocycles. The first-order valence-electron chi connectivity index (χ1n) is 6.71. The first-order valence-corrected chi connectivity index (χ1v) is 7.53. The summed E-state index contributed by atoms with van der Waals surface area (Å²) in [4.78, 5) is 15.0. The predicted molar refractivity (Wildman–Crippen MR) is 82.3 cm³/mol. The zero-order chi connectivity index (χ0) is 14.3. The van der Waals surface area contributed by atoms with Crippen molar-refractivity contribution in [1.29, 1.82) is 0 Å². The van der Waals surface area contributed by atoms with E-state index in [9.17, 15) is 4.79 Å². The van der Waals surface area contributed by atoms with E-state index in [1.165, 1.54) is 16.9 Å². The van der Waals surface area contributed by atoms with Crippen LogP contribution in [0.2, 0.25) is 0 Å². The van der Waals surface area contributed by atoms with Crippen LogP contribution in [0.4, 0.5) is 5.69 Å². The number of ether oxygens (including phenoxy) is 1. The van der Waals surface area contributed by atoms with Crippen molar-refractivity contribution in [2.75, 3.05) is 26.0 Å². The minimum absolute atomic E-state index is 0.00291. The average Bonchev–Trinajstić information content (AvgIpc) is 3.05. The molecule has 1 amide bonds. The molecule has 1 aromatic carbocycles. The molecule has 5 heteroatoms. The molecule has 2 heterocycles. The third-order valence-corrected chi connectivity index (χ3v) is 5.01. The number of anilines is 1. The van der Waals surface area contributed by atoms with E-state index in [1.807, 2.05) is 26.1 Å². The van der Waals surface area contributed by atoms with Crippen LogP contribution in [0.3, 0.4) is 0 Å². The Morgan fingerprint density at radius 2 is 2.30 bits per heavy atom. The third-order valence-electron chi connectivity index (χ3n) is 3.85. The molecule has 1 atom stereocenters. The number of nitrogens with zero attached hydrogens (tertiary/aromatic N) is 1. The first-order chi connectivity index (χ1) is 9.58. The van der Waals surface area contributed by atoms with Crippen LogP contribution in [0.5, 0.6) is 0 Å². The van der Waals surface area contributed by atoms with Crippen molar-refractivity contribution in [3.8, 4) is 0 Å². The minimum Gasteiger partial charge on any atom is -0.397 e. The van der Waals surface area contributed by atoms with Crippen molar-refractivity contribution in [3.05, 3.63) is 28.6 Å². The first kappa shape index (κ1) is 13.4. The molecular weight excluding hydrogens is 272 g/mol. The molecule has 0 bridgehead atoms. The molecule has 3 rings (SSSR count). The number of nitrogens with two attached hydrogens (primary N) is 1. The van der Waals surface area contributed by atoms with Crippen LogP contribution < -0.4 is 5.73 Å². The fraction of sp³-hybridized carbons (Fsp3) is 0.400. The van der Waals surface area contributed by atoms with Crippen molar-refractivity contribution in [2.45, 2.75) is 19.4 Å². The summed E-state index contributed by atoms with van der Waals surface area (Å²) < 4.78 is 6.42. The van der Waals surface area contributed by atoms with Gasteiger partial charge in [-0.25, -0.2) is 0 Å². The largest absolute Gasteiger partial charge is 0.397 e. The second-order valence-electron chi connectivity index (χ2n) is 5.28. The van der Waals surface area contributed by atoms with Gasteiger partial charge in [0.1, 0.15) is 4.88 Å². The van der Waals surface area contributed by atoms with Crippen molar-refractivity contribution in [3.63, 3.8) is 0 Å². The Balaban J connectivity index is 1.96. The molecule has 2 N–H and O–H groups in total. The Bertz CT molecular complexity index is 659. The number of hydrogen-bond donors (Lipinski definition) is 1. The smallest absolute Gasteiger partial charge is 0.266 e. The van der Waals surface area contributed by atoms with Gasteiger partial charge in [0.2, 0.25) is 0 Å². The van der Waals surface area contributed by atoms with Gasteiger partial charge in [0.05, 0.1) is 18.3 Å². The van der Waals surface area contributed by atoms with Crippen LogP contribution in [-0.4, -0.2) is 37.1 Å². The molecule has 0 aliphatic carbocycles. The van der Waals surface area contributed by atoms with Crippen LogP contribution in [-0.2, 0) is 4.74 Å². The lowest BCUT2D eigenvalue weighted by Gasteiger charge is -2.22. The molecule has 1 aliphatic rings. The maximum absolute atomic E-state index is 12.6. The van der Waals surface area contributed by atoms with Crippen LogP contribution >= 0.6 is 11.3 Å². The molecule has 1 unspecified atom stereocenters. The third kappa shape index (κ3) is 2.17. The van der Waals surface area contributed by atoms with E-state index in [2.05, 4.69) is 6.07 Å². The van der Waals surface area contributed by atoms with Gasteiger partial charge >= 0.3 is 0 Å². The molecule has 0 spiro atoms. The lowest BCUT2D eigenvalue weighted by Crippen LogP contribution is -2.37. The van der Waals surface area contributed by atoms with Crippen LogP contribution in [0.1, 0.15) is 21.7 Å². The minimum atomic E-state index is -0.00291. The highest BCUT2D eigenvalue weighted by Gasteiger charge is 2.27. The Labute approximate surface area is 122 Å².